The SMILES string of the molecule is COc1cc2c(Oc3ccc(N(CCc4ccc(C(C)(C)C)cc4)C(=O)C(N)=O)cc3F)ccnc2cc1OCC1CCNCC1. The Morgan fingerprint density at radius 2 is 1.72 bits per heavy atom. The van der Waals surface area contributed by atoms with Crippen molar-refractivity contribution in [3.63, 3.8) is 0 Å². The Kier molecular flexibility index (Phi) is 10.1. The van der Waals surface area contributed by atoms with Crippen LogP contribution in [-0.4, -0.2) is 50.1 Å². The molecule has 3 aromatic carbocycles. The molecule has 0 unspecified atom stereocenters. The number of carbonyl (C=O) groups excluding carboxylic acids is 2. The summed E-state index contributed by atoms with van der Waals surface area (Å²) in [5.74, 6) is -0.904. The lowest BCUT2D eigenvalue weighted by atomic mass is 9.86. The van der Waals surface area contributed by atoms with Gasteiger partial charge in [0.25, 0.3) is 0 Å². The number of hydrogen-bond acceptors (Lipinski definition) is 7. The van der Waals surface area contributed by atoms with Gasteiger partial charge in [0.2, 0.25) is 0 Å². The second kappa shape index (κ2) is 14.2. The predicted octanol–water partition coefficient (Wildman–Crippen LogP) is 5.91. The molecule has 3 N–H and O–H groups in total. The van der Waals surface area contributed by atoms with Crippen LogP contribution < -0.4 is 30.2 Å². The summed E-state index contributed by atoms with van der Waals surface area (Å²) in [5.41, 5.74) is 8.30. The van der Waals surface area contributed by atoms with Gasteiger partial charge in [-0.2, -0.15) is 0 Å². The van der Waals surface area contributed by atoms with Crippen molar-refractivity contribution < 1.29 is 28.2 Å². The molecule has 46 heavy (non-hydrogen) atoms. The third-order valence-corrected chi connectivity index (χ3v) is 8.27. The third-order valence-electron chi connectivity index (χ3n) is 8.27. The highest BCUT2D eigenvalue weighted by Gasteiger charge is 2.23. The molecule has 1 aliphatic rings. The Balaban J connectivity index is 1.34. The number of primary amides is 1. The van der Waals surface area contributed by atoms with E-state index in [0.29, 0.717) is 47.1 Å². The van der Waals surface area contributed by atoms with Gasteiger partial charge in [0.15, 0.2) is 23.1 Å². The molecule has 0 aliphatic carbocycles. The number of methoxy groups -OCH3 is 1. The van der Waals surface area contributed by atoms with Gasteiger partial charge >= 0.3 is 11.8 Å². The molecule has 1 saturated heterocycles. The van der Waals surface area contributed by atoms with Crippen LogP contribution in [0, 0.1) is 11.7 Å². The van der Waals surface area contributed by atoms with Crippen LogP contribution in [0.4, 0.5) is 10.1 Å². The van der Waals surface area contributed by atoms with Crippen molar-refractivity contribution in [3.05, 3.63) is 83.8 Å². The summed E-state index contributed by atoms with van der Waals surface area (Å²) >= 11 is 0. The molecule has 0 atom stereocenters. The maximum absolute atomic E-state index is 15.5. The molecule has 10 heteroatoms. The Morgan fingerprint density at radius 3 is 2.37 bits per heavy atom. The largest absolute Gasteiger partial charge is 0.493 e. The van der Waals surface area contributed by atoms with Crippen molar-refractivity contribution in [1.82, 2.24) is 10.3 Å². The zero-order valence-electron chi connectivity index (χ0n) is 26.8. The Bertz CT molecular complexity index is 1700. The molecule has 1 aliphatic heterocycles. The zero-order chi connectivity index (χ0) is 32.8. The molecule has 0 spiro atoms. The lowest BCUT2D eigenvalue weighted by molar-refractivity contribution is -0.135. The predicted molar refractivity (Wildman–Crippen MR) is 176 cm³/mol. The van der Waals surface area contributed by atoms with Gasteiger partial charge in [-0.3, -0.25) is 14.6 Å². The number of carbonyl (C=O) groups is 2. The standard InChI is InChI=1S/C36H41FN4O5/c1-36(2,3)25-7-5-23(6-8-25)14-18-41(35(43)34(38)42)26-9-10-31(28(37)19-26)46-30-13-17-40-29-21-33(32(44-4)20-27(29)30)45-22-24-11-15-39-16-12-24/h5-10,13,17,19-21,24,39H,11-12,14-16,18,22H2,1-4H3,(H2,38,42). The van der Waals surface area contributed by atoms with Crippen LogP contribution in [-0.2, 0) is 21.4 Å². The fourth-order valence-corrected chi connectivity index (χ4v) is 5.50. The van der Waals surface area contributed by atoms with Gasteiger partial charge in [0.1, 0.15) is 5.75 Å². The van der Waals surface area contributed by atoms with E-state index in [1.807, 2.05) is 24.3 Å². The maximum atomic E-state index is 15.5. The normalized spacial score (nSPS) is 13.8. The first-order chi connectivity index (χ1) is 22.0. The lowest BCUT2D eigenvalue weighted by Gasteiger charge is -2.23. The van der Waals surface area contributed by atoms with Gasteiger partial charge in [-0.25, -0.2) is 4.39 Å². The first-order valence-corrected chi connectivity index (χ1v) is 15.5. The van der Waals surface area contributed by atoms with Crippen molar-refractivity contribution in [3.8, 4) is 23.0 Å². The number of ether oxygens (including phenoxy) is 3. The van der Waals surface area contributed by atoms with Gasteiger partial charge in [0.05, 0.1) is 19.2 Å². The van der Waals surface area contributed by atoms with Crippen molar-refractivity contribution in [2.45, 2.75) is 45.4 Å². The zero-order valence-corrected chi connectivity index (χ0v) is 26.8. The monoisotopic (exact) mass is 628 g/mol. The number of halogens is 1. The summed E-state index contributed by atoms with van der Waals surface area (Å²) < 4.78 is 33.3. The number of benzene rings is 3. The minimum absolute atomic E-state index is 0.00616. The van der Waals surface area contributed by atoms with E-state index in [1.165, 1.54) is 22.6 Å². The van der Waals surface area contributed by atoms with Gasteiger partial charge in [-0.15, -0.1) is 0 Å². The summed E-state index contributed by atoms with van der Waals surface area (Å²) in [4.78, 5) is 30.3. The van der Waals surface area contributed by atoms with Crippen LogP contribution >= 0.6 is 0 Å². The average molecular weight is 629 g/mol. The quantitative estimate of drug-likeness (QED) is 0.210. The van der Waals surface area contributed by atoms with Gasteiger partial charge in [0, 0.05) is 35.9 Å². The number of nitrogens with zero attached hydrogens (tertiary/aromatic N) is 2. The number of nitrogens with one attached hydrogen (secondary N) is 1. The molecule has 0 radical (unpaired) electrons. The highest BCUT2D eigenvalue weighted by molar-refractivity contribution is 6.39. The molecule has 2 amide bonds. The van der Waals surface area contributed by atoms with Crippen LogP contribution in [0.25, 0.3) is 10.9 Å². The molecule has 4 aromatic rings. The van der Waals surface area contributed by atoms with E-state index < -0.39 is 17.6 Å². The number of amides is 2. The fourth-order valence-electron chi connectivity index (χ4n) is 5.50. The molecular weight excluding hydrogens is 587 g/mol. The molecule has 242 valence electrons. The minimum atomic E-state index is -1.12. The summed E-state index contributed by atoms with van der Waals surface area (Å²) in [7, 11) is 1.56. The summed E-state index contributed by atoms with van der Waals surface area (Å²) in [6.07, 6.45) is 4.12. The van der Waals surface area contributed by atoms with E-state index in [9.17, 15) is 9.59 Å². The third kappa shape index (κ3) is 7.74. The highest BCUT2D eigenvalue weighted by Crippen LogP contribution is 2.38. The first kappa shape index (κ1) is 32.7. The molecular formula is C36H41FN4O5. The topological polar surface area (TPSA) is 116 Å². The summed E-state index contributed by atoms with van der Waals surface area (Å²) in [6.45, 7) is 9.07. The smallest absolute Gasteiger partial charge is 0.316 e. The van der Waals surface area contributed by atoms with Crippen molar-refractivity contribution in [2.24, 2.45) is 11.7 Å². The second-order valence-corrected chi connectivity index (χ2v) is 12.6. The first-order valence-electron chi connectivity index (χ1n) is 15.5. The number of fused-ring (bicyclic) bond motifs is 1. The van der Waals surface area contributed by atoms with Crippen LogP contribution in [0.15, 0.2) is 66.9 Å². The number of anilines is 1. The van der Waals surface area contributed by atoms with E-state index >= 15 is 4.39 Å². The lowest BCUT2D eigenvalue weighted by Crippen LogP contribution is -2.41. The molecule has 2 heterocycles. The second-order valence-electron chi connectivity index (χ2n) is 12.6. The van der Waals surface area contributed by atoms with E-state index in [4.69, 9.17) is 19.9 Å². The van der Waals surface area contributed by atoms with Crippen LogP contribution in [0.5, 0.6) is 23.0 Å². The van der Waals surface area contributed by atoms with Crippen molar-refractivity contribution >= 4 is 28.4 Å². The van der Waals surface area contributed by atoms with Gasteiger partial charge < -0.3 is 30.2 Å². The number of nitrogens with two attached hydrogens (primary N) is 1. The number of hydrogen-bond donors (Lipinski definition) is 2. The van der Waals surface area contributed by atoms with Crippen LogP contribution in [0.1, 0.15) is 44.7 Å². The molecule has 1 aromatic heterocycles. The molecule has 5 rings (SSSR count). The maximum Gasteiger partial charge on any atom is 0.316 e. The molecule has 0 bridgehead atoms. The van der Waals surface area contributed by atoms with Gasteiger partial charge in [-0.05, 0) is 79.1 Å². The minimum Gasteiger partial charge on any atom is -0.493 e. The fraction of sp³-hybridized carbons (Fsp3) is 0.361. The number of rotatable bonds is 10. The van der Waals surface area contributed by atoms with E-state index in [1.54, 1.807) is 31.5 Å². The highest BCUT2D eigenvalue weighted by atomic mass is 19.1. The molecule has 0 saturated carbocycles. The molecule has 1 fully saturated rings. The van der Waals surface area contributed by atoms with Crippen LogP contribution in [0.2, 0.25) is 0 Å². The van der Waals surface area contributed by atoms with E-state index in [-0.39, 0.29) is 23.4 Å². The number of pyridine rings is 1. The van der Waals surface area contributed by atoms with Crippen LogP contribution in [0.3, 0.4) is 0 Å². The van der Waals surface area contributed by atoms with Crippen molar-refractivity contribution in [2.75, 3.05) is 38.3 Å². The average Bonchev–Trinajstić information content (AvgIpc) is 3.04. The Morgan fingerprint density at radius 1 is 0.978 bits per heavy atom. The van der Waals surface area contributed by atoms with Gasteiger partial charge in [-0.1, -0.05) is 45.0 Å². The number of piperidine rings is 1. The van der Waals surface area contributed by atoms with E-state index in [2.05, 4.69) is 31.1 Å². The van der Waals surface area contributed by atoms with E-state index in [0.717, 1.165) is 37.6 Å². The Hall–Kier alpha value is -4.70. The summed E-state index contributed by atoms with van der Waals surface area (Å²) in [6, 6.07) is 17.4. The summed E-state index contributed by atoms with van der Waals surface area (Å²) in [5, 5.41) is 3.97. The molecule has 9 nitrogen and oxygen atoms in total. The van der Waals surface area contributed by atoms with Crippen molar-refractivity contribution in [1.29, 1.82) is 0 Å². The Labute approximate surface area is 268 Å². The number of aromatic nitrogens is 1.